The fraction of sp³-hybridized carbons (Fsp3) is 0.0870. The number of pyridine rings is 1. The molecular formula is C23H14BrNO6. The van der Waals surface area contributed by atoms with Crippen molar-refractivity contribution in [1.29, 1.82) is 0 Å². The Morgan fingerprint density at radius 1 is 1.13 bits per heavy atom. The number of Topliss-reactive ketones (excluding diaryl/α,β-unsaturated/α-hetero) is 1. The van der Waals surface area contributed by atoms with Crippen LogP contribution in [0.15, 0.2) is 65.1 Å². The van der Waals surface area contributed by atoms with Gasteiger partial charge in [-0.05, 0) is 42.5 Å². The molecule has 0 saturated heterocycles. The summed E-state index contributed by atoms with van der Waals surface area (Å²) in [5, 5.41) is 0. The van der Waals surface area contributed by atoms with Crippen molar-refractivity contribution in [2.75, 3.05) is 6.79 Å². The van der Waals surface area contributed by atoms with Gasteiger partial charge < -0.3 is 18.9 Å². The zero-order chi connectivity index (χ0) is 21.4. The summed E-state index contributed by atoms with van der Waals surface area (Å²) in [6.07, 6.45) is 4.66. The molecule has 0 fully saturated rings. The standard InChI is InChI=1S/C23H14BrNO6/c24-16-7-14(22-15(8-16)11-28-12-29-22)9-20-21(26)18-2-1-17(10-19(18)31-20)30-23(27)13-3-5-25-6-4-13/h1-10H,11-12H2/b20-9-. The third-order valence-corrected chi connectivity index (χ3v) is 5.22. The number of hydrogen-bond donors (Lipinski definition) is 0. The molecule has 0 radical (unpaired) electrons. The van der Waals surface area contributed by atoms with E-state index in [1.807, 2.05) is 12.1 Å². The van der Waals surface area contributed by atoms with Crippen molar-refractivity contribution in [2.45, 2.75) is 6.61 Å². The Kier molecular flexibility index (Phi) is 5.01. The van der Waals surface area contributed by atoms with Gasteiger partial charge in [0.05, 0.1) is 17.7 Å². The second-order valence-electron chi connectivity index (χ2n) is 6.82. The number of nitrogens with zero attached hydrogens (tertiary/aromatic N) is 1. The fourth-order valence-corrected chi connectivity index (χ4v) is 3.86. The molecule has 1 aromatic heterocycles. The van der Waals surface area contributed by atoms with Gasteiger partial charge in [0.1, 0.15) is 17.2 Å². The first-order chi connectivity index (χ1) is 15.1. The Balaban J connectivity index is 1.42. The Morgan fingerprint density at radius 3 is 2.81 bits per heavy atom. The highest BCUT2D eigenvalue weighted by Gasteiger charge is 2.29. The highest BCUT2D eigenvalue weighted by atomic mass is 79.9. The van der Waals surface area contributed by atoms with E-state index in [0.29, 0.717) is 34.8 Å². The van der Waals surface area contributed by atoms with Gasteiger partial charge in [-0.1, -0.05) is 15.9 Å². The number of aromatic nitrogens is 1. The molecule has 0 bridgehead atoms. The molecule has 0 amide bonds. The van der Waals surface area contributed by atoms with E-state index in [-0.39, 0.29) is 24.1 Å². The van der Waals surface area contributed by atoms with E-state index in [1.165, 1.54) is 18.5 Å². The molecule has 2 aromatic carbocycles. The topological polar surface area (TPSA) is 84.0 Å². The lowest BCUT2D eigenvalue weighted by Gasteiger charge is -2.20. The van der Waals surface area contributed by atoms with Crippen LogP contribution in [0.5, 0.6) is 17.2 Å². The van der Waals surface area contributed by atoms with Crippen molar-refractivity contribution in [3.05, 3.63) is 87.3 Å². The number of esters is 1. The highest BCUT2D eigenvalue weighted by Crippen LogP contribution is 2.38. The molecule has 8 heteroatoms. The lowest BCUT2D eigenvalue weighted by atomic mass is 10.1. The van der Waals surface area contributed by atoms with Gasteiger partial charge in [-0.2, -0.15) is 0 Å². The highest BCUT2D eigenvalue weighted by molar-refractivity contribution is 9.10. The molecule has 3 aromatic rings. The molecule has 7 nitrogen and oxygen atoms in total. The van der Waals surface area contributed by atoms with Gasteiger partial charge in [0.2, 0.25) is 5.78 Å². The summed E-state index contributed by atoms with van der Waals surface area (Å²) in [4.78, 5) is 29.0. The quantitative estimate of drug-likeness (QED) is 0.309. The van der Waals surface area contributed by atoms with E-state index >= 15 is 0 Å². The third-order valence-electron chi connectivity index (χ3n) is 4.76. The van der Waals surface area contributed by atoms with E-state index in [9.17, 15) is 9.59 Å². The molecule has 31 heavy (non-hydrogen) atoms. The Morgan fingerprint density at radius 2 is 1.97 bits per heavy atom. The van der Waals surface area contributed by atoms with Crippen LogP contribution >= 0.6 is 15.9 Å². The molecule has 5 rings (SSSR count). The maximum absolute atomic E-state index is 12.8. The molecular weight excluding hydrogens is 466 g/mol. The number of benzene rings is 2. The predicted molar refractivity (Wildman–Crippen MR) is 113 cm³/mol. The molecule has 2 aliphatic rings. The molecule has 3 heterocycles. The van der Waals surface area contributed by atoms with E-state index in [1.54, 1.807) is 30.3 Å². The van der Waals surface area contributed by atoms with Gasteiger partial charge in [-0.25, -0.2) is 4.79 Å². The summed E-state index contributed by atoms with van der Waals surface area (Å²) in [5.74, 6) is 0.619. The predicted octanol–water partition coefficient (Wildman–Crippen LogP) is 4.55. The SMILES string of the molecule is O=C(Oc1ccc2c(c1)O/C(=C\c1cc(Br)cc3c1OCOC3)C2=O)c1ccncc1. The van der Waals surface area contributed by atoms with Crippen LogP contribution in [-0.4, -0.2) is 23.5 Å². The average Bonchev–Trinajstić information content (AvgIpc) is 3.09. The minimum Gasteiger partial charge on any atom is -0.467 e. The van der Waals surface area contributed by atoms with Gasteiger partial charge in [0, 0.05) is 34.1 Å². The van der Waals surface area contributed by atoms with Gasteiger partial charge in [0.25, 0.3) is 0 Å². The number of fused-ring (bicyclic) bond motifs is 2. The van der Waals surface area contributed by atoms with Crippen molar-refractivity contribution >= 4 is 33.8 Å². The van der Waals surface area contributed by atoms with E-state index < -0.39 is 5.97 Å². The Hall–Kier alpha value is -3.49. The number of carbonyl (C=O) groups excluding carboxylic acids is 2. The summed E-state index contributed by atoms with van der Waals surface area (Å²) in [6.45, 7) is 0.568. The Labute approximate surface area is 185 Å². The largest absolute Gasteiger partial charge is 0.467 e. The van der Waals surface area contributed by atoms with Crippen molar-refractivity contribution in [3.8, 4) is 17.2 Å². The van der Waals surface area contributed by atoms with E-state index in [0.717, 1.165) is 10.0 Å². The average molecular weight is 480 g/mol. The lowest BCUT2D eigenvalue weighted by molar-refractivity contribution is -0.0165. The monoisotopic (exact) mass is 479 g/mol. The molecule has 0 saturated carbocycles. The second kappa shape index (κ2) is 7.98. The lowest BCUT2D eigenvalue weighted by Crippen LogP contribution is -2.12. The molecule has 154 valence electrons. The molecule has 0 unspecified atom stereocenters. The summed E-state index contributed by atoms with van der Waals surface area (Å²) in [6, 6.07) is 11.5. The number of carbonyl (C=O) groups is 2. The van der Waals surface area contributed by atoms with Crippen LogP contribution in [0, 0.1) is 0 Å². The number of halogens is 1. The van der Waals surface area contributed by atoms with Gasteiger partial charge >= 0.3 is 5.97 Å². The van der Waals surface area contributed by atoms with Crippen molar-refractivity contribution < 1.29 is 28.5 Å². The minimum absolute atomic E-state index is 0.145. The second-order valence-corrected chi connectivity index (χ2v) is 7.73. The maximum atomic E-state index is 12.8. The number of hydrogen-bond acceptors (Lipinski definition) is 7. The fourth-order valence-electron chi connectivity index (χ4n) is 3.34. The van der Waals surface area contributed by atoms with Crippen LogP contribution in [-0.2, 0) is 11.3 Å². The third kappa shape index (κ3) is 3.83. The number of rotatable bonds is 3. The molecule has 0 N–H and O–H groups in total. The zero-order valence-electron chi connectivity index (χ0n) is 16.0. The first-order valence-corrected chi connectivity index (χ1v) is 10.1. The first-order valence-electron chi connectivity index (χ1n) is 9.32. The van der Waals surface area contributed by atoms with Crippen LogP contribution in [0.4, 0.5) is 0 Å². The Bertz CT molecular complexity index is 1240. The van der Waals surface area contributed by atoms with Gasteiger partial charge in [-0.3, -0.25) is 9.78 Å². The smallest absolute Gasteiger partial charge is 0.343 e. The normalized spacial score (nSPS) is 15.6. The number of ketones is 1. The van der Waals surface area contributed by atoms with Crippen molar-refractivity contribution in [3.63, 3.8) is 0 Å². The number of allylic oxidation sites excluding steroid dienone is 1. The summed E-state index contributed by atoms with van der Waals surface area (Å²) in [7, 11) is 0. The molecule has 0 aliphatic carbocycles. The van der Waals surface area contributed by atoms with Crippen LogP contribution in [0.2, 0.25) is 0 Å². The first kappa shape index (κ1) is 19.5. The van der Waals surface area contributed by atoms with E-state index in [4.69, 9.17) is 18.9 Å². The van der Waals surface area contributed by atoms with Gasteiger partial charge in [-0.15, -0.1) is 0 Å². The summed E-state index contributed by atoms with van der Waals surface area (Å²) in [5.41, 5.74) is 2.34. The number of ether oxygens (including phenoxy) is 4. The molecule has 2 aliphatic heterocycles. The summed E-state index contributed by atoms with van der Waals surface area (Å²) >= 11 is 3.47. The van der Waals surface area contributed by atoms with Gasteiger partial charge in [0.15, 0.2) is 12.6 Å². The van der Waals surface area contributed by atoms with E-state index in [2.05, 4.69) is 20.9 Å². The molecule has 0 atom stereocenters. The van der Waals surface area contributed by atoms with Crippen LogP contribution in [0.3, 0.4) is 0 Å². The minimum atomic E-state index is -0.525. The van der Waals surface area contributed by atoms with Crippen molar-refractivity contribution in [2.24, 2.45) is 0 Å². The van der Waals surface area contributed by atoms with Crippen LogP contribution in [0.25, 0.3) is 6.08 Å². The maximum Gasteiger partial charge on any atom is 0.343 e. The van der Waals surface area contributed by atoms with Crippen LogP contribution < -0.4 is 14.2 Å². The summed E-state index contributed by atoms with van der Waals surface area (Å²) < 4.78 is 22.9. The van der Waals surface area contributed by atoms with Crippen molar-refractivity contribution in [1.82, 2.24) is 4.98 Å². The molecule has 0 spiro atoms. The zero-order valence-corrected chi connectivity index (χ0v) is 17.5. The van der Waals surface area contributed by atoms with Crippen LogP contribution in [0.1, 0.15) is 31.8 Å².